The summed E-state index contributed by atoms with van der Waals surface area (Å²) >= 11 is 8.44. The average Bonchev–Trinajstić information content (AvgIpc) is 2.14. The fourth-order valence-electron chi connectivity index (χ4n) is 1.29. The molecule has 0 amide bonds. The molecule has 1 aromatic heterocycles. The number of aryl methyl sites for hydroxylation is 1. The molecule has 0 aliphatic heterocycles. The van der Waals surface area contributed by atoms with Gasteiger partial charge in [-0.3, -0.25) is 4.98 Å². The molecule has 0 radical (unpaired) electrons. The van der Waals surface area contributed by atoms with Gasteiger partial charge in [0.1, 0.15) is 0 Å². The Morgan fingerprint density at radius 3 is 2.64 bits per heavy atom. The van der Waals surface area contributed by atoms with E-state index < -0.39 is 0 Å². The van der Waals surface area contributed by atoms with Gasteiger partial charge in [-0.05, 0) is 25.0 Å². The van der Waals surface area contributed by atoms with E-state index in [4.69, 9.17) is 11.6 Å². The smallest absolute Gasteiger partial charge is 0.0558 e. The minimum absolute atomic E-state index is 0.454. The lowest BCUT2D eigenvalue weighted by molar-refractivity contribution is 0.555. The highest BCUT2D eigenvalue weighted by atomic mass is 127. The van der Waals surface area contributed by atoms with Gasteiger partial charge in [-0.2, -0.15) is 0 Å². The molecule has 1 aromatic rings. The van der Waals surface area contributed by atoms with E-state index in [1.807, 2.05) is 19.1 Å². The maximum Gasteiger partial charge on any atom is 0.0558 e. The Bertz CT molecular complexity index is 294. The molecular weight excluding hydrogens is 308 g/mol. The van der Waals surface area contributed by atoms with Gasteiger partial charge >= 0.3 is 0 Å². The van der Waals surface area contributed by atoms with Crippen LogP contribution in [0.2, 0.25) is 5.02 Å². The topological polar surface area (TPSA) is 12.9 Å². The molecule has 14 heavy (non-hydrogen) atoms. The molecule has 0 aromatic carbocycles. The highest BCUT2D eigenvalue weighted by Gasteiger charge is 2.16. The van der Waals surface area contributed by atoms with Gasteiger partial charge in [0, 0.05) is 10.7 Å². The van der Waals surface area contributed by atoms with Crippen LogP contribution in [0.1, 0.15) is 35.6 Å². The first-order chi connectivity index (χ1) is 6.54. The van der Waals surface area contributed by atoms with Gasteiger partial charge in [-0.1, -0.05) is 54.5 Å². The summed E-state index contributed by atoms with van der Waals surface area (Å²) in [5.41, 5.74) is 2.10. The maximum absolute atomic E-state index is 6.00. The number of halogens is 2. The summed E-state index contributed by atoms with van der Waals surface area (Å²) in [5, 5.41) is 0.789. The zero-order chi connectivity index (χ0) is 10.7. The van der Waals surface area contributed by atoms with Crippen LogP contribution in [0.3, 0.4) is 0 Å². The van der Waals surface area contributed by atoms with Crippen LogP contribution in [0.25, 0.3) is 0 Å². The van der Waals surface area contributed by atoms with Gasteiger partial charge < -0.3 is 0 Å². The molecule has 2 atom stereocenters. The summed E-state index contributed by atoms with van der Waals surface area (Å²) < 4.78 is 0.454. The quantitative estimate of drug-likeness (QED) is 0.587. The molecule has 1 nitrogen and oxygen atoms in total. The van der Waals surface area contributed by atoms with E-state index in [9.17, 15) is 0 Å². The van der Waals surface area contributed by atoms with Gasteiger partial charge in [0.15, 0.2) is 0 Å². The standard InChI is InChI=1S/C11H15ClIN/c1-4-7(2)11(13)10-6-9(12)5-8(3)14-10/h5-7,11H,4H2,1-3H3. The number of alkyl halides is 1. The van der Waals surface area contributed by atoms with Crippen molar-refractivity contribution in [3.05, 3.63) is 28.5 Å². The van der Waals surface area contributed by atoms with Crippen LogP contribution in [0.4, 0.5) is 0 Å². The van der Waals surface area contributed by atoms with Crippen molar-refractivity contribution in [3.8, 4) is 0 Å². The fraction of sp³-hybridized carbons (Fsp3) is 0.545. The second-order valence-corrected chi connectivity index (χ2v) is 5.42. The number of hydrogen-bond acceptors (Lipinski definition) is 1. The van der Waals surface area contributed by atoms with E-state index in [2.05, 4.69) is 41.4 Å². The van der Waals surface area contributed by atoms with Gasteiger partial charge in [0.2, 0.25) is 0 Å². The molecule has 0 bridgehead atoms. The molecule has 0 saturated carbocycles. The lowest BCUT2D eigenvalue weighted by atomic mass is 10.0. The van der Waals surface area contributed by atoms with Crippen LogP contribution < -0.4 is 0 Å². The summed E-state index contributed by atoms with van der Waals surface area (Å²) in [5.74, 6) is 0.640. The van der Waals surface area contributed by atoms with Gasteiger partial charge in [0.05, 0.1) is 9.62 Å². The Morgan fingerprint density at radius 2 is 2.14 bits per heavy atom. The summed E-state index contributed by atoms with van der Waals surface area (Å²) in [6.07, 6.45) is 1.17. The molecule has 2 unspecified atom stereocenters. The molecule has 0 N–H and O–H groups in total. The van der Waals surface area contributed by atoms with Crippen molar-refractivity contribution in [2.24, 2.45) is 5.92 Å². The van der Waals surface area contributed by atoms with Crippen molar-refractivity contribution in [1.82, 2.24) is 4.98 Å². The van der Waals surface area contributed by atoms with Crippen molar-refractivity contribution in [2.45, 2.75) is 31.1 Å². The monoisotopic (exact) mass is 323 g/mol. The zero-order valence-electron chi connectivity index (χ0n) is 8.72. The number of nitrogens with zero attached hydrogens (tertiary/aromatic N) is 1. The number of rotatable bonds is 3. The molecule has 0 saturated heterocycles. The molecule has 0 fully saturated rings. The summed E-state index contributed by atoms with van der Waals surface area (Å²) in [7, 11) is 0. The Labute approximate surface area is 104 Å². The third-order valence-corrected chi connectivity index (χ3v) is 4.45. The normalized spacial score (nSPS) is 15.2. The molecule has 0 aliphatic rings. The zero-order valence-corrected chi connectivity index (χ0v) is 11.6. The molecular formula is C11H15ClIN. The third kappa shape index (κ3) is 3.09. The van der Waals surface area contributed by atoms with Gasteiger partial charge in [0.25, 0.3) is 0 Å². The van der Waals surface area contributed by atoms with Crippen molar-refractivity contribution >= 4 is 34.2 Å². The van der Waals surface area contributed by atoms with E-state index in [-0.39, 0.29) is 0 Å². The summed E-state index contributed by atoms with van der Waals surface area (Å²) in [6, 6.07) is 3.86. The second-order valence-electron chi connectivity index (χ2n) is 3.64. The lowest BCUT2D eigenvalue weighted by Gasteiger charge is -2.16. The first-order valence-corrected chi connectivity index (χ1v) is 6.45. The van der Waals surface area contributed by atoms with E-state index in [1.54, 1.807) is 0 Å². The predicted molar refractivity (Wildman–Crippen MR) is 70.2 cm³/mol. The van der Waals surface area contributed by atoms with Crippen LogP contribution in [0.15, 0.2) is 12.1 Å². The largest absolute Gasteiger partial charge is 0.257 e. The highest BCUT2D eigenvalue weighted by Crippen LogP contribution is 2.33. The molecule has 1 rings (SSSR count). The van der Waals surface area contributed by atoms with Crippen LogP contribution in [-0.4, -0.2) is 4.98 Å². The van der Waals surface area contributed by atoms with E-state index >= 15 is 0 Å². The minimum Gasteiger partial charge on any atom is -0.257 e. The van der Waals surface area contributed by atoms with Crippen molar-refractivity contribution in [2.75, 3.05) is 0 Å². The van der Waals surface area contributed by atoms with Crippen molar-refractivity contribution < 1.29 is 0 Å². The fourth-order valence-corrected chi connectivity index (χ4v) is 2.39. The van der Waals surface area contributed by atoms with Crippen molar-refractivity contribution in [1.29, 1.82) is 0 Å². The highest BCUT2D eigenvalue weighted by molar-refractivity contribution is 14.1. The van der Waals surface area contributed by atoms with Crippen LogP contribution in [0, 0.1) is 12.8 Å². The Hall–Kier alpha value is 0.170. The second kappa shape index (κ2) is 5.31. The van der Waals surface area contributed by atoms with Crippen LogP contribution in [-0.2, 0) is 0 Å². The first-order valence-electron chi connectivity index (χ1n) is 4.82. The summed E-state index contributed by atoms with van der Waals surface area (Å²) in [6.45, 7) is 6.43. The first kappa shape index (κ1) is 12.2. The number of pyridine rings is 1. The Balaban J connectivity index is 2.94. The average molecular weight is 324 g/mol. The van der Waals surface area contributed by atoms with Crippen molar-refractivity contribution in [3.63, 3.8) is 0 Å². The van der Waals surface area contributed by atoms with Crippen LogP contribution >= 0.6 is 34.2 Å². The molecule has 1 heterocycles. The van der Waals surface area contributed by atoms with Gasteiger partial charge in [-0.15, -0.1) is 0 Å². The molecule has 0 spiro atoms. The summed E-state index contributed by atoms with van der Waals surface area (Å²) in [4.78, 5) is 4.51. The lowest BCUT2D eigenvalue weighted by Crippen LogP contribution is -2.04. The molecule has 78 valence electrons. The predicted octanol–water partition coefficient (Wildman–Crippen LogP) is 4.57. The Morgan fingerprint density at radius 1 is 1.50 bits per heavy atom. The third-order valence-electron chi connectivity index (χ3n) is 2.36. The molecule has 3 heteroatoms. The SMILES string of the molecule is CCC(C)C(I)c1cc(Cl)cc(C)n1. The molecule has 0 aliphatic carbocycles. The van der Waals surface area contributed by atoms with E-state index in [1.165, 1.54) is 6.42 Å². The minimum atomic E-state index is 0.454. The van der Waals surface area contributed by atoms with E-state index in [0.29, 0.717) is 9.84 Å². The Kier molecular flexibility index (Phi) is 4.64. The maximum atomic E-state index is 6.00. The number of hydrogen-bond donors (Lipinski definition) is 0. The number of aromatic nitrogens is 1. The van der Waals surface area contributed by atoms with E-state index in [0.717, 1.165) is 16.4 Å². The van der Waals surface area contributed by atoms with Gasteiger partial charge in [-0.25, -0.2) is 0 Å². The van der Waals surface area contributed by atoms with Crippen LogP contribution in [0.5, 0.6) is 0 Å².